The molecule has 4 aromatic carbocycles. The smallest absolute Gasteiger partial charge is 0.215 e. The topological polar surface area (TPSA) is 34.8 Å². The van der Waals surface area contributed by atoms with Crippen LogP contribution in [0.2, 0.25) is 0 Å². The average molecular weight is 571 g/mol. The molecule has 0 amide bonds. The van der Waals surface area contributed by atoms with E-state index >= 15 is 0 Å². The Kier molecular flexibility index (Phi) is 7.15. The maximum atomic E-state index is 5.47. The number of nitrogens with zero attached hydrogens (tertiary/aromatic N) is 3. The molecule has 222 valence electrons. The number of rotatable bonds is 6. The number of hydrogen-bond acceptors (Lipinski definition) is 2. The van der Waals surface area contributed by atoms with E-state index in [-0.39, 0.29) is 10.8 Å². The molecule has 4 nitrogen and oxygen atoms in total. The predicted octanol–water partition coefficient (Wildman–Crippen LogP) is 10.9. The van der Waals surface area contributed by atoms with E-state index in [9.17, 15) is 0 Å². The van der Waals surface area contributed by atoms with E-state index in [0.29, 0.717) is 0 Å². The standard InChI is InChI=1S/C39H46N4/c1-10-11-22-42-34-17-13-16-31(40-35-25(2)14-12-15-26(35)3)36(34)41-37(42)43-32-20-18-27(38(4,5)6)23-29(32)30-24-28(39(7,8)9)19-21-33(30)43/h12-21,23-24,40H,10-11,22H2,1-9H3. The molecule has 0 saturated heterocycles. The fourth-order valence-corrected chi connectivity index (χ4v) is 6.26. The Labute approximate surface area is 256 Å². The summed E-state index contributed by atoms with van der Waals surface area (Å²) in [5.74, 6) is 0.978. The molecular formula is C39H46N4. The molecule has 0 unspecified atom stereocenters. The summed E-state index contributed by atoms with van der Waals surface area (Å²) in [5.41, 5.74) is 12.0. The third-order valence-electron chi connectivity index (χ3n) is 8.93. The second-order valence-electron chi connectivity index (χ2n) is 14.3. The van der Waals surface area contributed by atoms with E-state index in [1.165, 1.54) is 44.1 Å². The number of unbranched alkanes of at least 4 members (excludes halogenated alkanes) is 1. The Morgan fingerprint density at radius 3 is 1.79 bits per heavy atom. The third kappa shape index (κ3) is 5.11. The molecular weight excluding hydrogens is 524 g/mol. The number of aromatic nitrogens is 3. The number of aryl methyl sites for hydroxylation is 3. The molecule has 6 aromatic rings. The van der Waals surface area contributed by atoms with Crippen LogP contribution in [0.3, 0.4) is 0 Å². The van der Waals surface area contributed by atoms with Crippen molar-refractivity contribution in [3.8, 4) is 5.95 Å². The molecule has 0 saturated carbocycles. The number of benzene rings is 4. The van der Waals surface area contributed by atoms with Gasteiger partial charge in [0.2, 0.25) is 5.95 Å². The predicted molar refractivity (Wildman–Crippen MR) is 186 cm³/mol. The maximum Gasteiger partial charge on any atom is 0.215 e. The quantitative estimate of drug-likeness (QED) is 0.216. The number of fused-ring (bicyclic) bond motifs is 4. The molecule has 0 aliphatic carbocycles. The van der Waals surface area contributed by atoms with Gasteiger partial charge in [0.1, 0.15) is 5.52 Å². The molecule has 0 atom stereocenters. The minimum absolute atomic E-state index is 0.0623. The Bertz CT molecular complexity index is 1880. The van der Waals surface area contributed by atoms with Gasteiger partial charge in [0.25, 0.3) is 0 Å². The highest BCUT2D eigenvalue weighted by molar-refractivity contribution is 6.10. The third-order valence-corrected chi connectivity index (χ3v) is 8.93. The number of hydrogen-bond donors (Lipinski definition) is 1. The lowest BCUT2D eigenvalue weighted by Crippen LogP contribution is -2.11. The van der Waals surface area contributed by atoms with Crippen LogP contribution in [0.1, 0.15) is 83.6 Å². The van der Waals surface area contributed by atoms with E-state index in [4.69, 9.17) is 4.98 Å². The Morgan fingerprint density at radius 1 is 0.698 bits per heavy atom. The minimum atomic E-state index is 0.0623. The van der Waals surface area contributed by atoms with E-state index < -0.39 is 0 Å². The molecule has 1 N–H and O–H groups in total. The van der Waals surface area contributed by atoms with Crippen LogP contribution in [0, 0.1) is 13.8 Å². The molecule has 0 fully saturated rings. The Hall–Kier alpha value is -4.05. The van der Waals surface area contributed by atoms with Crippen LogP contribution < -0.4 is 5.32 Å². The van der Waals surface area contributed by atoms with E-state index in [1.807, 2.05) is 0 Å². The fourth-order valence-electron chi connectivity index (χ4n) is 6.26. The zero-order chi connectivity index (χ0) is 30.7. The van der Waals surface area contributed by atoms with Crippen LogP contribution >= 0.6 is 0 Å². The minimum Gasteiger partial charge on any atom is -0.353 e. The Balaban J connectivity index is 1.66. The van der Waals surface area contributed by atoms with Crippen molar-refractivity contribution in [2.45, 2.75) is 92.5 Å². The second kappa shape index (κ2) is 10.6. The highest BCUT2D eigenvalue weighted by Gasteiger charge is 2.24. The molecule has 2 aromatic heterocycles. The first-order valence-corrected chi connectivity index (χ1v) is 15.8. The van der Waals surface area contributed by atoms with Crippen molar-refractivity contribution in [2.75, 3.05) is 5.32 Å². The summed E-state index contributed by atoms with van der Waals surface area (Å²) >= 11 is 0. The lowest BCUT2D eigenvalue weighted by molar-refractivity contribution is 0.590. The van der Waals surface area contributed by atoms with Gasteiger partial charge in [-0.1, -0.05) is 91.3 Å². The van der Waals surface area contributed by atoms with Crippen LogP contribution in [0.4, 0.5) is 11.4 Å². The van der Waals surface area contributed by atoms with Crippen LogP contribution in [0.15, 0.2) is 72.8 Å². The maximum absolute atomic E-state index is 5.47. The van der Waals surface area contributed by atoms with Gasteiger partial charge in [0.15, 0.2) is 0 Å². The van der Waals surface area contributed by atoms with Gasteiger partial charge in [0.05, 0.1) is 22.2 Å². The van der Waals surface area contributed by atoms with Gasteiger partial charge < -0.3 is 9.88 Å². The van der Waals surface area contributed by atoms with Gasteiger partial charge in [-0.15, -0.1) is 0 Å². The van der Waals surface area contributed by atoms with Gasteiger partial charge in [-0.3, -0.25) is 4.57 Å². The van der Waals surface area contributed by atoms with Crippen LogP contribution in [0.5, 0.6) is 0 Å². The van der Waals surface area contributed by atoms with Gasteiger partial charge in [-0.05, 0) is 89.8 Å². The summed E-state index contributed by atoms with van der Waals surface area (Å²) in [6.45, 7) is 21.3. The van der Waals surface area contributed by atoms with Crippen LogP contribution in [-0.2, 0) is 17.4 Å². The number of nitrogens with one attached hydrogen (secondary N) is 1. The first-order valence-electron chi connectivity index (χ1n) is 15.8. The molecule has 2 heterocycles. The lowest BCUT2D eigenvalue weighted by atomic mass is 9.85. The molecule has 0 radical (unpaired) electrons. The summed E-state index contributed by atoms with van der Waals surface area (Å²) in [4.78, 5) is 5.47. The van der Waals surface area contributed by atoms with Crippen LogP contribution in [-0.4, -0.2) is 14.1 Å². The molecule has 0 bridgehead atoms. The van der Waals surface area contributed by atoms with Crippen molar-refractivity contribution in [1.82, 2.24) is 14.1 Å². The zero-order valence-electron chi connectivity index (χ0n) is 27.4. The molecule has 4 heteroatoms. The monoisotopic (exact) mass is 570 g/mol. The highest BCUT2D eigenvalue weighted by atomic mass is 15.2. The summed E-state index contributed by atoms with van der Waals surface area (Å²) in [5, 5.41) is 6.34. The first kappa shape index (κ1) is 29.0. The summed E-state index contributed by atoms with van der Waals surface area (Å²) < 4.78 is 4.84. The number of para-hydroxylation sites is 2. The van der Waals surface area contributed by atoms with Crippen molar-refractivity contribution in [3.63, 3.8) is 0 Å². The zero-order valence-corrected chi connectivity index (χ0v) is 27.4. The fraction of sp³-hybridized carbons (Fsp3) is 0.359. The summed E-state index contributed by atoms with van der Waals surface area (Å²) in [6.07, 6.45) is 2.21. The molecule has 0 spiro atoms. The first-order chi connectivity index (χ1) is 20.4. The SMILES string of the molecule is CCCCn1c(-n2c3ccc(C(C)(C)C)cc3c3cc(C(C)(C)C)ccc32)nc2c(Nc3c(C)cccc3C)cccc21. The Morgan fingerprint density at radius 2 is 1.26 bits per heavy atom. The van der Waals surface area contributed by atoms with E-state index in [0.717, 1.165) is 47.7 Å². The van der Waals surface area contributed by atoms with Crippen molar-refractivity contribution in [3.05, 3.63) is 95.1 Å². The second-order valence-corrected chi connectivity index (χ2v) is 14.3. The summed E-state index contributed by atoms with van der Waals surface area (Å²) in [6, 6.07) is 27.0. The molecule has 43 heavy (non-hydrogen) atoms. The van der Waals surface area contributed by atoms with Gasteiger partial charge in [-0.25, -0.2) is 4.98 Å². The molecule has 0 aliphatic heterocycles. The molecule has 0 aliphatic rings. The number of imidazole rings is 1. The van der Waals surface area contributed by atoms with Crippen molar-refractivity contribution in [2.24, 2.45) is 0 Å². The van der Waals surface area contributed by atoms with Gasteiger partial charge >= 0.3 is 0 Å². The number of anilines is 2. The normalized spacial score (nSPS) is 12.6. The lowest BCUT2D eigenvalue weighted by Gasteiger charge is -2.19. The van der Waals surface area contributed by atoms with E-state index in [1.54, 1.807) is 0 Å². The molecule has 6 rings (SSSR count). The van der Waals surface area contributed by atoms with E-state index in [2.05, 4.69) is 150 Å². The summed E-state index contributed by atoms with van der Waals surface area (Å²) in [7, 11) is 0. The van der Waals surface area contributed by atoms with Gasteiger partial charge in [-0.2, -0.15) is 0 Å². The van der Waals surface area contributed by atoms with Gasteiger partial charge in [0, 0.05) is 23.0 Å². The average Bonchev–Trinajstić information content (AvgIpc) is 3.47. The van der Waals surface area contributed by atoms with Crippen molar-refractivity contribution in [1.29, 1.82) is 0 Å². The van der Waals surface area contributed by atoms with Crippen LogP contribution in [0.25, 0.3) is 38.8 Å². The largest absolute Gasteiger partial charge is 0.353 e. The highest BCUT2D eigenvalue weighted by Crippen LogP contribution is 2.39. The van der Waals surface area contributed by atoms with Crippen molar-refractivity contribution >= 4 is 44.2 Å². The van der Waals surface area contributed by atoms with Crippen molar-refractivity contribution < 1.29 is 0 Å².